The summed E-state index contributed by atoms with van der Waals surface area (Å²) in [6.07, 6.45) is 4.05. The second-order valence-corrected chi connectivity index (χ2v) is 10.6. The number of hydrogen-bond donors (Lipinski definition) is 1. The Hall–Kier alpha value is -4.04. The van der Waals surface area contributed by atoms with Crippen LogP contribution in [0.3, 0.4) is 0 Å². The van der Waals surface area contributed by atoms with Crippen LogP contribution in [0.25, 0.3) is 10.9 Å². The van der Waals surface area contributed by atoms with Gasteiger partial charge >= 0.3 is 0 Å². The van der Waals surface area contributed by atoms with Gasteiger partial charge in [-0.25, -0.2) is 4.39 Å². The summed E-state index contributed by atoms with van der Waals surface area (Å²) in [7, 11) is 0. The van der Waals surface area contributed by atoms with Crippen LogP contribution in [-0.4, -0.2) is 46.0 Å². The van der Waals surface area contributed by atoms with E-state index < -0.39 is 10.8 Å². The van der Waals surface area contributed by atoms with Gasteiger partial charge in [-0.1, -0.05) is 56.3 Å². The molecule has 4 rings (SSSR count). The number of benzene rings is 3. The summed E-state index contributed by atoms with van der Waals surface area (Å²) in [6, 6.07) is 20.9. The van der Waals surface area contributed by atoms with E-state index in [0.29, 0.717) is 12.1 Å². The van der Waals surface area contributed by atoms with Gasteiger partial charge in [-0.05, 0) is 74.3 Å². The SMILES string of the molecule is CCN(CC)CCC[C@@H](C)NC(=O)C[C@@H](c1cccc([N+](=O)[O-])c1)c1cn(Cc2ccc(F)cc2)c2ccccc12. The third-order valence-electron chi connectivity index (χ3n) is 7.75. The van der Waals surface area contributed by atoms with Crippen molar-refractivity contribution < 1.29 is 14.1 Å². The molecule has 0 unspecified atom stereocenters. The average molecular weight is 559 g/mol. The molecule has 8 heteroatoms. The van der Waals surface area contributed by atoms with Crippen LogP contribution in [0.15, 0.2) is 79.0 Å². The lowest BCUT2D eigenvalue weighted by molar-refractivity contribution is -0.384. The average Bonchev–Trinajstić information content (AvgIpc) is 3.33. The number of nitro benzene ring substituents is 1. The highest BCUT2D eigenvalue weighted by atomic mass is 19.1. The van der Waals surface area contributed by atoms with E-state index in [1.165, 1.54) is 18.2 Å². The van der Waals surface area contributed by atoms with Crippen molar-refractivity contribution in [2.24, 2.45) is 0 Å². The van der Waals surface area contributed by atoms with Crippen molar-refractivity contribution in [2.45, 2.75) is 58.5 Å². The van der Waals surface area contributed by atoms with Gasteiger partial charge in [0.25, 0.3) is 5.69 Å². The summed E-state index contributed by atoms with van der Waals surface area (Å²) in [5.74, 6) is -0.768. The number of aromatic nitrogens is 1. The number of nitro groups is 1. The number of rotatable bonds is 14. The van der Waals surface area contributed by atoms with Gasteiger partial charge in [-0.3, -0.25) is 14.9 Å². The summed E-state index contributed by atoms with van der Waals surface area (Å²) in [5.41, 5.74) is 3.56. The molecule has 0 aliphatic rings. The first-order valence-corrected chi connectivity index (χ1v) is 14.4. The quantitative estimate of drug-likeness (QED) is 0.135. The normalized spacial score (nSPS) is 12.9. The molecule has 7 nitrogen and oxygen atoms in total. The van der Waals surface area contributed by atoms with Crippen LogP contribution < -0.4 is 5.32 Å². The van der Waals surface area contributed by atoms with Crippen molar-refractivity contribution in [3.05, 3.63) is 112 Å². The number of amides is 1. The third kappa shape index (κ3) is 7.79. The van der Waals surface area contributed by atoms with Gasteiger partial charge in [-0.15, -0.1) is 0 Å². The molecule has 0 spiro atoms. The Morgan fingerprint density at radius 1 is 1.05 bits per heavy atom. The number of hydrogen-bond acceptors (Lipinski definition) is 4. The molecule has 3 aromatic carbocycles. The van der Waals surface area contributed by atoms with Crippen LogP contribution in [0.1, 0.15) is 62.6 Å². The van der Waals surface area contributed by atoms with E-state index in [2.05, 4.69) is 28.6 Å². The third-order valence-corrected chi connectivity index (χ3v) is 7.75. The van der Waals surface area contributed by atoms with Crippen LogP contribution in [0.4, 0.5) is 10.1 Å². The van der Waals surface area contributed by atoms with Crippen LogP contribution >= 0.6 is 0 Å². The number of halogens is 1. The second kappa shape index (κ2) is 14.0. The Morgan fingerprint density at radius 2 is 1.78 bits per heavy atom. The summed E-state index contributed by atoms with van der Waals surface area (Å²) in [6.45, 7) is 9.87. The molecule has 0 saturated heterocycles. The minimum Gasteiger partial charge on any atom is -0.354 e. The fourth-order valence-corrected chi connectivity index (χ4v) is 5.48. The van der Waals surface area contributed by atoms with Crippen molar-refractivity contribution >= 4 is 22.5 Å². The highest BCUT2D eigenvalue weighted by Gasteiger charge is 2.25. The van der Waals surface area contributed by atoms with Crippen molar-refractivity contribution in [3.8, 4) is 0 Å². The zero-order chi connectivity index (χ0) is 29.4. The number of nitrogens with one attached hydrogen (secondary N) is 1. The predicted molar refractivity (Wildman–Crippen MR) is 162 cm³/mol. The lowest BCUT2D eigenvalue weighted by atomic mass is 9.87. The molecule has 2 atom stereocenters. The number of carbonyl (C=O) groups excluding carboxylic acids is 1. The Labute approximate surface area is 241 Å². The number of fused-ring (bicyclic) bond motifs is 1. The summed E-state index contributed by atoms with van der Waals surface area (Å²) < 4.78 is 15.6. The maximum absolute atomic E-state index is 13.5. The van der Waals surface area contributed by atoms with Crippen molar-refractivity contribution in [1.29, 1.82) is 0 Å². The summed E-state index contributed by atoms with van der Waals surface area (Å²) in [5, 5.41) is 15.7. The van der Waals surface area contributed by atoms with Crippen LogP contribution in [0.2, 0.25) is 0 Å². The number of carbonyl (C=O) groups is 1. The standard InChI is InChI=1S/C33H39FN4O3/c1-4-36(5-2)19-9-10-24(3)35-33(39)21-30(26-11-8-12-28(20-26)38(40)41)31-23-37(32-14-7-6-13-29(31)32)22-25-15-17-27(34)18-16-25/h6-8,11-18,20,23-24,30H,4-5,9-10,19,21-22H2,1-3H3,(H,35,39)/t24-,30+/m1/s1. The van der Waals surface area contributed by atoms with Gasteiger partial charge in [0, 0.05) is 54.2 Å². The number of non-ortho nitro benzene ring substituents is 1. The van der Waals surface area contributed by atoms with Crippen molar-refractivity contribution in [1.82, 2.24) is 14.8 Å². The Bertz CT molecular complexity index is 1460. The largest absolute Gasteiger partial charge is 0.354 e. The molecule has 1 aromatic heterocycles. The summed E-state index contributed by atoms with van der Waals surface area (Å²) >= 11 is 0. The van der Waals surface area contributed by atoms with Gasteiger partial charge < -0.3 is 14.8 Å². The van der Waals surface area contributed by atoms with Crippen LogP contribution in [-0.2, 0) is 11.3 Å². The zero-order valence-corrected chi connectivity index (χ0v) is 24.1. The number of para-hydroxylation sites is 1. The molecule has 0 saturated carbocycles. The van der Waals surface area contributed by atoms with Gasteiger partial charge in [0.2, 0.25) is 5.91 Å². The first kappa shape index (κ1) is 29.9. The minimum absolute atomic E-state index is 0.00673. The lowest BCUT2D eigenvalue weighted by Crippen LogP contribution is -2.34. The second-order valence-electron chi connectivity index (χ2n) is 10.6. The predicted octanol–water partition coefficient (Wildman–Crippen LogP) is 6.89. The molecule has 1 amide bonds. The van der Waals surface area contributed by atoms with E-state index in [1.807, 2.05) is 43.5 Å². The van der Waals surface area contributed by atoms with E-state index in [9.17, 15) is 19.3 Å². The fraction of sp³-hybridized carbons (Fsp3) is 0.364. The molecular formula is C33H39FN4O3. The molecular weight excluding hydrogens is 519 g/mol. The molecule has 1 N–H and O–H groups in total. The minimum atomic E-state index is -0.406. The molecule has 41 heavy (non-hydrogen) atoms. The van der Waals surface area contributed by atoms with E-state index in [1.54, 1.807) is 24.3 Å². The molecule has 0 fully saturated rings. The molecule has 1 heterocycles. The maximum Gasteiger partial charge on any atom is 0.269 e. The number of nitrogens with zero attached hydrogens (tertiary/aromatic N) is 3. The Morgan fingerprint density at radius 3 is 2.49 bits per heavy atom. The van der Waals surface area contributed by atoms with Crippen LogP contribution in [0.5, 0.6) is 0 Å². The van der Waals surface area contributed by atoms with E-state index >= 15 is 0 Å². The van der Waals surface area contributed by atoms with Gasteiger partial charge in [0.05, 0.1) is 4.92 Å². The molecule has 4 aromatic rings. The first-order chi connectivity index (χ1) is 19.8. The van der Waals surface area contributed by atoms with E-state index in [0.717, 1.165) is 54.5 Å². The van der Waals surface area contributed by atoms with Crippen LogP contribution in [0, 0.1) is 15.9 Å². The molecule has 0 radical (unpaired) electrons. The highest BCUT2D eigenvalue weighted by molar-refractivity contribution is 5.87. The monoisotopic (exact) mass is 558 g/mol. The van der Waals surface area contributed by atoms with E-state index in [-0.39, 0.29) is 29.9 Å². The highest BCUT2D eigenvalue weighted by Crippen LogP contribution is 2.36. The zero-order valence-electron chi connectivity index (χ0n) is 24.1. The Balaban J connectivity index is 1.63. The molecule has 0 bridgehead atoms. The van der Waals surface area contributed by atoms with Crippen molar-refractivity contribution in [2.75, 3.05) is 19.6 Å². The fourth-order valence-electron chi connectivity index (χ4n) is 5.48. The molecule has 216 valence electrons. The summed E-state index contributed by atoms with van der Waals surface area (Å²) in [4.78, 5) is 27.0. The lowest BCUT2D eigenvalue weighted by Gasteiger charge is -2.21. The topological polar surface area (TPSA) is 80.4 Å². The van der Waals surface area contributed by atoms with Gasteiger partial charge in [0.1, 0.15) is 5.82 Å². The smallest absolute Gasteiger partial charge is 0.269 e. The van der Waals surface area contributed by atoms with Crippen molar-refractivity contribution in [3.63, 3.8) is 0 Å². The van der Waals surface area contributed by atoms with E-state index in [4.69, 9.17) is 0 Å². The first-order valence-electron chi connectivity index (χ1n) is 14.4. The molecule has 0 aliphatic carbocycles. The van der Waals surface area contributed by atoms with Gasteiger partial charge in [-0.2, -0.15) is 0 Å². The van der Waals surface area contributed by atoms with Gasteiger partial charge in [0.15, 0.2) is 0 Å². The molecule has 0 aliphatic heterocycles. The maximum atomic E-state index is 13.5. The Kier molecular flexibility index (Phi) is 10.2.